The lowest BCUT2D eigenvalue weighted by Crippen LogP contribution is -2.60. The molecule has 516 valence electrons. The van der Waals surface area contributed by atoms with Gasteiger partial charge < -0.3 is 40.3 Å². The molecule has 9 heteroatoms. The van der Waals surface area contributed by atoms with E-state index in [1.165, 1.54) is 128 Å². The van der Waals surface area contributed by atoms with Crippen LogP contribution in [0.2, 0.25) is 0 Å². The van der Waals surface area contributed by atoms with Crippen LogP contribution in [0.3, 0.4) is 0 Å². The van der Waals surface area contributed by atoms with Gasteiger partial charge in [0.15, 0.2) is 6.29 Å². The van der Waals surface area contributed by atoms with Gasteiger partial charge in [0.25, 0.3) is 0 Å². The van der Waals surface area contributed by atoms with Gasteiger partial charge in [0, 0.05) is 6.42 Å². The third kappa shape index (κ3) is 56.8. The van der Waals surface area contributed by atoms with Crippen molar-refractivity contribution in [3.05, 3.63) is 170 Å². The molecule has 0 spiro atoms. The van der Waals surface area contributed by atoms with Gasteiger partial charge in [-0.25, -0.2) is 0 Å². The van der Waals surface area contributed by atoms with Gasteiger partial charge in [0.05, 0.1) is 25.4 Å². The predicted octanol–water partition coefficient (Wildman–Crippen LogP) is 20.9. The standard InChI is InChI=1S/C82H135NO8/c1-3-5-7-9-11-13-15-17-19-21-23-25-27-29-31-32-33-34-35-36-37-38-39-40-41-42-43-44-46-48-50-52-54-56-58-60-62-64-66-68-70-72-78(86)83-75(74-90-82-81(89)80(88)79(87)77(73-84)91-82)76(85)71-69-67-65-63-61-59-57-55-53-51-49-47-45-30-28-26-24-22-20-18-16-14-12-10-8-6-4-2/h5,7,11,13,17,19,23,25,29,31,33-34,36-37,39-40,42-43,46,48,52-55,61,63,69,71,75-77,79-82,84-85,87-89H,3-4,6,8-10,12,14-16,18,20-22,24,26-28,30,32,35,38,41,44-45,47,49-51,56-60,62,64-68,70,72-74H2,1-2H3,(H,83,86)/b7-5-,13-11-,19-17-,25-23-,31-29-,34-33-,37-36-,40-39-,43-42-,48-46-,54-52-,55-53+,63-61+,71-69+. The molecule has 6 N–H and O–H groups in total. The fourth-order valence-corrected chi connectivity index (χ4v) is 10.5. The highest BCUT2D eigenvalue weighted by atomic mass is 16.7. The lowest BCUT2D eigenvalue weighted by atomic mass is 9.99. The molecule has 1 aliphatic rings. The Morgan fingerprint density at radius 3 is 1.05 bits per heavy atom. The molecule has 0 radical (unpaired) electrons. The Hall–Kier alpha value is -4.45. The second-order valence-corrected chi connectivity index (χ2v) is 24.6. The highest BCUT2D eigenvalue weighted by molar-refractivity contribution is 5.76. The Labute approximate surface area is 558 Å². The van der Waals surface area contributed by atoms with Crippen LogP contribution in [0.15, 0.2) is 170 Å². The molecule has 1 amide bonds. The maximum absolute atomic E-state index is 13.1. The smallest absolute Gasteiger partial charge is 0.220 e. The molecule has 1 aliphatic heterocycles. The number of carbonyl (C=O) groups is 1. The zero-order chi connectivity index (χ0) is 65.7. The van der Waals surface area contributed by atoms with Gasteiger partial charge in [-0.15, -0.1) is 0 Å². The quantitative estimate of drug-likeness (QED) is 0.0261. The second-order valence-electron chi connectivity index (χ2n) is 24.6. The van der Waals surface area contributed by atoms with Crippen LogP contribution in [-0.4, -0.2) is 87.5 Å². The lowest BCUT2D eigenvalue weighted by Gasteiger charge is -2.40. The summed E-state index contributed by atoms with van der Waals surface area (Å²) in [4.78, 5) is 13.1. The summed E-state index contributed by atoms with van der Waals surface area (Å²) in [5.41, 5.74) is 0. The van der Waals surface area contributed by atoms with Gasteiger partial charge in [-0.3, -0.25) is 4.79 Å². The molecule has 7 unspecified atom stereocenters. The molecular weight excluding hydrogens is 1130 g/mol. The first-order valence-electron chi connectivity index (χ1n) is 36.9. The van der Waals surface area contributed by atoms with Crippen molar-refractivity contribution in [2.24, 2.45) is 0 Å². The van der Waals surface area contributed by atoms with Crippen molar-refractivity contribution in [3.63, 3.8) is 0 Å². The summed E-state index contributed by atoms with van der Waals surface area (Å²) >= 11 is 0. The minimum absolute atomic E-state index is 0.207. The highest BCUT2D eigenvalue weighted by Crippen LogP contribution is 2.23. The number of aliphatic hydroxyl groups is 5. The summed E-state index contributed by atoms with van der Waals surface area (Å²) in [6, 6.07) is -0.849. The van der Waals surface area contributed by atoms with Crippen molar-refractivity contribution in [2.45, 2.75) is 326 Å². The molecule has 0 aromatic heterocycles. The highest BCUT2D eigenvalue weighted by Gasteiger charge is 2.44. The first-order valence-corrected chi connectivity index (χ1v) is 36.9. The third-order valence-corrected chi connectivity index (χ3v) is 16.3. The van der Waals surface area contributed by atoms with Crippen LogP contribution < -0.4 is 5.32 Å². The first-order chi connectivity index (χ1) is 44.8. The first kappa shape index (κ1) is 84.6. The van der Waals surface area contributed by atoms with E-state index in [4.69, 9.17) is 9.47 Å². The average molecular weight is 1260 g/mol. The maximum atomic E-state index is 13.1. The summed E-state index contributed by atoms with van der Waals surface area (Å²) in [7, 11) is 0. The molecule has 0 aromatic rings. The fourth-order valence-electron chi connectivity index (χ4n) is 10.5. The number of aliphatic hydroxyl groups excluding tert-OH is 5. The maximum Gasteiger partial charge on any atom is 0.220 e. The zero-order valence-corrected chi connectivity index (χ0v) is 57.8. The number of unbranched alkanes of at least 4 members (excludes halogenated alkanes) is 26. The van der Waals surface area contributed by atoms with Crippen LogP contribution in [0.5, 0.6) is 0 Å². The van der Waals surface area contributed by atoms with Crippen LogP contribution in [0.1, 0.15) is 284 Å². The fraction of sp³-hybridized carbons (Fsp3) is 0.646. The summed E-state index contributed by atoms with van der Waals surface area (Å²) < 4.78 is 11.3. The largest absolute Gasteiger partial charge is 0.394 e. The summed E-state index contributed by atoms with van der Waals surface area (Å²) in [5.74, 6) is -0.207. The molecule has 0 aliphatic carbocycles. The SMILES string of the molecule is CC/C=C\C/C=C\C/C=C\C/C=C\C/C=C\C/C=C\C/C=C\C/C=C\C/C=C\C/C=C\C/C=C\CCCCCCCCCC(=O)NC(COC1OC(CO)C(O)C(O)C1O)C(O)/C=C/CC/C=C/CC/C=C/CCCCCCCCCCCCCCCCCCC. The van der Waals surface area contributed by atoms with Crippen LogP contribution in [0, 0.1) is 0 Å². The number of hydrogen-bond donors (Lipinski definition) is 6. The van der Waals surface area contributed by atoms with E-state index in [1.807, 2.05) is 6.08 Å². The summed E-state index contributed by atoms with van der Waals surface area (Å²) in [6.45, 7) is 3.65. The molecule has 1 saturated heterocycles. The predicted molar refractivity (Wildman–Crippen MR) is 391 cm³/mol. The number of nitrogens with one attached hydrogen (secondary N) is 1. The van der Waals surface area contributed by atoms with E-state index in [0.29, 0.717) is 6.42 Å². The van der Waals surface area contributed by atoms with Crippen LogP contribution in [0.4, 0.5) is 0 Å². The molecule has 0 bridgehead atoms. The summed E-state index contributed by atoms with van der Waals surface area (Å²) in [6.07, 6.45) is 102. The van der Waals surface area contributed by atoms with Crippen molar-refractivity contribution < 1.29 is 39.8 Å². The molecular formula is C82H135NO8. The number of ether oxygens (including phenoxy) is 2. The van der Waals surface area contributed by atoms with Gasteiger partial charge in [-0.2, -0.15) is 0 Å². The Balaban J connectivity index is 2.19. The van der Waals surface area contributed by atoms with Gasteiger partial charge >= 0.3 is 0 Å². The Kier molecular flexibility index (Phi) is 63.6. The van der Waals surface area contributed by atoms with Crippen molar-refractivity contribution in [2.75, 3.05) is 13.2 Å². The van der Waals surface area contributed by atoms with Crippen molar-refractivity contribution in [1.29, 1.82) is 0 Å². The Morgan fingerprint density at radius 2 is 0.692 bits per heavy atom. The molecule has 91 heavy (non-hydrogen) atoms. The molecule has 0 aromatic carbocycles. The lowest BCUT2D eigenvalue weighted by molar-refractivity contribution is -0.302. The van der Waals surface area contributed by atoms with Gasteiger partial charge in [-0.05, 0) is 128 Å². The van der Waals surface area contributed by atoms with E-state index in [0.717, 1.165) is 135 Å². The zero-order valence-electron chi connectivity index (χ0n) is 57.8. The van der Waals surface area contributed by atoms with E-state index in [-0.39, 0.29) is 12.5 Å². The Bertz CT molecular complexity index is 2050. The van der Waals surface area contributed by atoms with Crippen LogP contribution in [0.25, 0.3) is 0 Å². The van der Waals surface area contributed by atoms with E-state index in [1.54, 1.807) is 6.08 Å². The van der Waals surface area contributed by atoms with E-state index < -0.39 is 49.5 Å². The molecule has 1 fully saturated rings. The van der Waals surface area contributed by atoms with Crippen molar-refractivity contribution in [1.82, 2.24) is 5.32 Å². The van der Waals surface area contributed by atoms with E-state index >= 15 is 0 Å². The number of allylic oxidation sites excluding steroid dienone is 27. The average Bonchev–Trinajstić information content (AvgIpc) is 1.58. The van der Waals surface area contributed by atoms with E-state index in [2.05, 4.69) is 177 Å². The number of amides is 1. The molecule has 0 saturated carbocycles. The minimum Gasteiger partial charge on any atom is -0.394 e. The molecule has 9 nitrogen and oxygen atoms in total. The molecule has 1 heterocycles. The van der Waals surface area contributed by atoms with Crippen molar-refractivity contribution in [3.8, 4) is 0 Å². The van der Waals surface area contributed by atoms with Crippen LogP contribution in [-0.2, 0) is 14.3 Å². The van der Waals surface area contributed by atoms with E-state index in [9.17, 15) is 30.3 Å². The van der Waals surface area contributed by atoms with Crippen LogP contribution >= 0.6 is 0 Å². The molecule has 7 atom stereocenters. The number of rotatable bonds is 62. The normalized spacial score (nSPS) is 18.8. The van der Waals surface area contributed by atoms with Gasteiger partial charge in [0.2, 0.25) is 5.91 Å². The minimum atomic E-state index is -1.59. The topological polar surface area (TPSA) is 149 Å². The van der Waals surface area contributed by atoms with Gasteiger partial charge in [-0.1, -0.05) is 319 Å². The number of carbonyl (C=O) groups excluding carboxylic acids is 1. The third-order valence-electron chi connectivity index (χ3n) is 16.3. The summed E-state index contributed by atoms with van der Waals surface area (Å²) in [5, 5.41) is 54.8. The monoisotopic (exact) mass is 1260 g/mol. The van der Waals surface area contributed by atoms with Crippen molar-refractivity contribution >= 4 is 5.91 Å². The second kappa shape index (κ2) is 68.4. The number of hydrogen-bond acceptors (Lipinski definition) is 8. The Morgan fingerprint density at radius 1 is 0.385 bits per heavy atom. The van der Waals surface area contributed by atoms with Gasteiger partial charge in [0.1, 0.15) is 24.4 Å². The molecule has 1 rings (SSSR count).